The smallest absolute Gasteiger partial charge is 0.144 e. The van der Waals surface area contributed by atoms with Gasteiger partial charge >= 0.3 is 0 Å². The third-order valence-electron chi connectivity index (χ3n) is 4.08. The summed E-state index contributed by atoms with van der Waals surface area (Å²) >= 11 is 0. The van der Waals surface area contributed by atoms with Crippen molar-refractivity contribution in [2.45, 2.75) is 58.7 Å². The van der Waals surface area contributed by atoms with Gasteiger partial charge in [0.25, 0.3) is 0 Å². The highest BCUT2D eigenvalue weighted by Gasteiger charge is 2.32. The van der Waals surface area contributed by atoms with Crippen molar-refractivity contribution >= 4 is 5.84 Å². The summed E-state index contributed by atoms with van der Waals surface area (Å²) in [5.74, 6) is 0.287. The highest BCUT2D eigenvalue weighted by atomic mass is 16.5. The number of oxime groups is 1. The molecule has 1 heterocycles. The Morgan fingerprint density at radius 3 is 2.67 bits per heavy atom. The van der Waals surface area contributed by atoms with Gasteiger partial charge in [0.15, 0.2) is 0 Å². The first-order chi connectivity index (χ1) is 9.70. The molecule has 0 bridgehead atoms. The van der Waals surface area contributed by atoms with Crippen molar-refractivity contribution in [1.82, 2.24) is 4.90 Å². The van der Waals surface area contributed by atoms with E-state index in [1.807, 2.05) is 13.8 Å². The first-order valence-corrected chi connectivity index (χ1v) is 7.69. The summed E-state index contributed by atoms with van der Waals surface area (Å²) in [7, 11) is 0. The number of morpholine rings is 1. The van der Waals surface area contributed by atoms with Crippen LogP contribution in [-0.2, 0) is 4.74 Å². The zero-order chi connectivity index (χ0) is 16.1. The first-order valence-electron chi connectivity index (χ1n) is 7.69. The van der Waals surface area contributed by atoms with E-state index in [1.54, 1.807) is 0 Å². The number of rotatable bonds is 7. The van der Waals surface area contributed by atoms with Gasteiger partial charge in [-0.3, -0.25) is 4.90 Å². The lowest BCUT2D eigenvalue weighted by atomic mass is 9.86. The third-order valence-corrected chi connectivity index (χ3v) is 4.08. The van der Waals surface area contributed by atoms with Crippen LogP contribution in [0.3, 0.4) is 0 Å². The molecule has 0 aliphatic carbocycles. The molecule has 1 aliphatic heterocycles. The van der Waals surface area contributed by atoms with Crippen molar-refractivity contribution in [3.8, 4) is 0 Å². The highest BCUT2D eigenvalue weighted by molar-refractivity contribution is 5.85. The third kappa shape index (κ3) is 5.80. The lowest BCUT2D eigenvalue weighted by Gasteiger charge is -2.42. The second kappa shape index (κ2) is 7.42. The van der Waals surface area contributed by atoms with Gasteiger partial charge in [-0.1, -0.05) is 25.4 Å². The topological polar surface area (TPSA) is 91.3 Å². The monoisotopic (exact) mass is 301 g/mol. The SMILES string of the molecule is CC1(C)CN(CCCCC(C)(C)C(N)=NO)CC(CO)O1. The number of nitrogens with two attached hydrogens (primary N) is 1. The molecule has 0 saturated carbocycles. The summed E-state index contributed by atoms with van der Waals surface area (Å²) in [6, 6.07) is 0. The van der Waals surface area contributed by atoms with E-state index in [0.717, 1.165) is 38.9 Å². The van der Waals surface area contributed by atoms with Gasteiger partial charge in [-0.15, -0.1) is 0 Å². The molecule has 1 saturated heterocycles. The minimum Gasteiger partial charge on any atom is -0.409 e. The molecule has 1 fully saturated rings. The lowest BCUT2D eigenvalue weighted by molar-refractivity contribution is -0.148. The molecule has 4 N–H and O–H groups in total. The molecule has 0 aromatic carbocycles. The molecule has 6 nitrogen and oxygen atoms in total. The summed E-state index contributed by atoms with van der Waals surface area (Å²) in [4.78, 5) is 2.35. The number of ether oxygens (including phenoxy) is 1. The molecule has 0 aromatic heterocycles. The largest absolute Gasteiger partial charge is 0.409 e. The van der Waals surface area contributed by atoms with Crippen LogP contribution in [0.2, 0.25) is 0 Å². The summed E-state index contributed by atoms with van der Waals surface area (Å²) in [5, 5.41) is 21.2. The zero-order valence-corrected chi connectivity index (χ0v) is 13.8. The number of amidine groups is 1. The van der Waals surface area contributed by atoms with Gasteiger partial charge in [0, 0.05) is 18.5 Å². The predicted octanol–water partition coefficient (Wildman–Crippen LogP) is 1.40. The molecule has 6 heteroatoms. The number of aliphatic hydroxyl groups is 1. The molecule has 1 atom stereocenters. The van der Waals surface area contributed by atoms with E-state index in [9.17, 15) is 5.11 Å². The van der Waals surface area contributed by atoms with Gasteiger partial charge in [-0.05, 0) is 33.2 Å². The Kier molecular flexibility index (Phi) is 6.43. The highest BCUT2D eigenvalue weighted by Crippen LogP contribution is 2.25. The zero-order valence-electron chi connectivity index (χ0n) is 13.8. The molecule has 0 radical (unpaired) electrons. The second-order valence-electron chi connectivity index (χ2n) is 7.24. The van der Waals surface area contributed by atoms with Crippen molar-refractivity contribution in [2.24, 2.45) is 16.3 Å². The number of hydrogen-bond acceptors (Lipinski definition) is 5. The van der Waals surface area contributed by atoms with Crippen LogP contribution in [0.5, 0.6) is 0 Å². The van der Waals surface area contributed by atoms with E-state index in [1.165, 1.54) is 0 Å². The number of hydrogen-bond donors (Lipinski definition) is 3. The van der Waals surface area contributed by atoms with Crippen LogP contribution >= 0.6 is 0 Å². The van der Waals surface area contributed by atoms with E-state index in [2.05, 4.69) is 23.9 Å². The minimum absolute atomic E-state index is 0.0659. The Bertz CT molecular complexity index is 356. The second-order valence-corrected chi connectivity index (χ2v) is 7.24. The summed E-state index contributed by atoms with van der Waals surface area (Å²) in [5.41, 5.74) is 5.21. The van der Waals surface area contributed by atoms with Gasteiger partial charge in [0.2, 0.25) is 0 Å². The standard InChI is InChI=1S/C15H31N3O3/c1-14(2,13(16)17-20)7-5-6-8-18-9-12(10-19)21-15(3,4)11-18/h12,19-20H,5-11H2,1-4H3,(H2,16,17). The lowest BCUT2D eigenvalue weighted by Crippen LogP contribution is -2.53. The average Bonchev–Trinajstić information content (AvgIpc) is 2.40. The Morgan fingerprint density at radius 2 is 2.10 bits per heavy atom. The summed E-state index contributed by atoms with van der Waals surface area (Å²) in [6.07, 6.45) is 2.86. The normalized spacial score (nSPS) is 24.2. The molecule has 124 valence electrons. The molecule has 0 spiro atoms. The molecular formula is C15H31N3O3. The van der Waals surface area contributed by atoms with Gasteiger partial charge in [0.1, 0.15) is 5.84 Å². The van der Waals surface area contributed by atoms with Gasteiger partial charge in [0.05, 0.1) is 18.3 Å². The van der Waals surface area contributed by atoms with Crippen LogP contribution in [0, 0.1) is 5.41 Å². The van der Waals surface area contributed by atoms with Crippen LogP contribution in [0.1, 0.15) is 47.0 Å². The molecule has 0 aromatic rings. The molecule has 1 rings (SSSR count). The van der Waals surface area contributed by atoms with Crippen molar-refractivity contribution in [3.05, 3.63) is 0 Å². The Balaban J connectivity index is 2.35. The maximum absolute atomic E-state index is 9.31. The van der Waals surface area contributed by atoms with E-state index >= 15 is 0 Å². The van der Waals surface area contributed by atoms with Crippen LogP contribution in [0.15, 0.2) is 5.16 Å². The molecule has 1 unspecified atom stereocenters. The van der Waals surface area contributed by atoms with Gasteiger partial charge in [-0.2, -0.15) is 0 Å². The van der Waals surface area contributed by atoms with Gasteiger partial charge < -0.3 is 20.8 Å². The fourth-order valence-corrected chi connectivity index (χ4v) is 2.85. The quantitative estimate of drug-likeness (QED) is 0.217. The van der Waals surface area contributed by atoms with Crippen molar-refractivity contribution in [3.63, 3.8) is 0 Å². The van der Waals surface area contributed by atoms with Crippen LogP contribution in [-0.4, -0.2) is 59.0 Å². The number of unbranched alkanes of at least 4 members (excludes halogenated alkanes) is 1. The summed E-state index contributed by atoms with van der Waals surface area (Å²) in [6.45, 7) is 10.8. The first kappa shape index (κ1) is 18.2. The Hall–Kier alpha value is -0.850. The Labute approximate surface area is 127 Å². The predicted molar refractivity (Wildman–Crippen MR) is 83.5 cm³/mol. The Morgan fingerprint density at radius 1 is 1.43 bits per heavy atom. The van der Waals surface area contributed by atoms with Gasteiger partial charge in [-0.25, -0.2) is 0 Å². The van der Waals surface area contributed by atoms with Crippen LogP contribution in [0.4, 0.5) is 0 Å². The molecule has 1 aliphatic rings. The molecule has 0 amide bonds. The number of aliphatic hydroxyl groups excluding tert-OH is 1. The van der Waals surface area contributed by atoms with E-state index < -0.39 is 0 Å². The molecular weight excluding hydrogens is 270 g/mol. The van der Waals surface area contributed by atoms with Crippen LogP contribution < -0.4 is 5.73 Å². The van der Waals surface area contributed by atoms with Crippen molar-refractivity contribution < 1.29 is 15.1 Å². The maximum atomic E-state index is 9.31. The van der Waals surface area contributed by atoms with Crippen molar-refractivity contribution in [1.29, 1.82) is 0 Å². The number of nitrogens with zero attached hydrogens (tertiary/aromatic N) is 2. The average molecular weight is 301 g/mol. The fraction of sp³-hybridized carbons (Fsp3) is 0.933. The molecule has 21 heavy (non-hydrogen) atoms. The maximum Gasteiger partial charge on any atom is 0.144 e. The van der Waals surface area contributed by atoms with Crippen LogP contribution in [0.25, 0.3) is 0 Å². The fourth-order valence-electron chi connectivity index (χ4n) is 2.85. The van der Waals surface area contributed by atoms with E-state index in [0.29, 0.717) is 0 Å². The summed E-state index contributed by atoms with van der Waals surface area (Å²) < 4.78 is 5.81. The minimum atomic E-state index is -0.271. The van der Waals surface area contributed by atoms with Crippen molar-refractivity contribution in [2.75, 3.05) is 26.2 Å². The van der Waals surface area contributed by atoms with E-state index in [4.69, 9.17) is 15.7 Å². The van der Waals surface area contributed by atoms with E-state index in [-0.39, 0.29) is 29.6 Å².